The Morgan fingerprint density at radius 1 is 1.19 bits per heavy atom. The van der Waals surface area contributed by atoms with Crippen molar-refractivity contribution in [3.8, 4) is 0 Å². The molecular weight excluding hydrogens is 432 g/mol. The standard InChI is InChI=1S/C24H27ClN2O5/c1-4-31-22(29)14-26-21(28)13-20-24(30)27(15(2)3)19-11-10-17(25)12-18(19)23(32-20)16-8-6-5-7-9-16/h5-12,15,20,23H,4,13-14H2,1-3H3,(H,26,28)/t20-,23-/m1/s1. The molecule has 1 N–H and O–H groups in total. The van der Waals surface area contributed by atoms with Crippen LogP contribution in [0.25, 0.3) is 0 Å². The van der Waals surface area contributed by atoms with E-state index in [4.69, 9.17) is 21.1 Å². The van der Waals surface area contributed by atoms with Gasteiger partial charge in [-0.05, 0) is 44.5 Å². The Kier molecular flexibility index (Phi) is 7.88. The normalized spacial score (nSPS) is 18.2. The number of carbonyl (C=O) groups is 3. The van der Waals surface area contributed by atoms with Crippen LogP contribution in [0.4, 0.5) is 5.69 Å². The Bertz CT molecular complexity index is 980. The Balaban J connectivity index is 1.95. The number of hydrogen-bond acceptors (Lipinski definition) is 5. The van der Waals surface area contributed by atoms with Crippen LogP contribution in [0.5, 0.6) is 0 Å². The first-order chi connectivity index (χ1) is 15.3. The van der Waals surface area contributed by atoms with E-state index in [2.05, 4.69) is 5.32 Å². The molecule has 8 heteroatoms. The lowest BCUT2D eigenvalue weighted by Crippen LogP contribution is -2.45. The van der Waals surface area contributed by atoms with Gasteiger partial charge in [0, 0.05) is 16.6 Å². The van der Waals surface area contributed by atoms with Crippen molar-refractivity contribution in [3.63, 3.8) is 0 Å². The number of anilines is 1. The van der Waals surface area contributed by atoms with Gasteiger partial charge in [-0.15, -0.1) is 0 Å². The van der Waals surface area contributed by atoms with E-state index in [0.717, 1.165) is 11.1 Å². The Labute approximate surface area is 192 Å². The summed E-state index contributed by atoms with van der Waals surface area (Å²) in [6.45, 7) is 5.45. The number of halogens is 1. The highest BCUT2D eigenvalue weighted by Gasteiger charge is 2.38. The minimum absolute atomic E-state index is 0.175. The highest BCUT2D eigenvalue weighted by atomic mass is 35.5. The summed E-state index contributed by atoms with van der Waals surface area (Å²) in [4.78, 5) is 39.2. The van der Waals surface area contributed by atoms with Gasteiger partial charge < -0.3 is 19.7 Å². The topological polar surface area (TPSA) is 84.9 Å². The molecule has 0 spiro atoms. The maximum Gasteiger partial charge on any atom is 0.325 e. The summed E-state index contributed by atoms with van der Waals surface area (Å²) < 4.78 is 11.1. The molecule has 32 heavy (non-hydrogen) atoms. The lowest BCUT2D eigenvalue weighted by Gasteiger charge is -2.28. The smallest absolute Gasteiger partial charge is 0.325 e. The van der Waals surface area contributed by atoms with Crippen LogP contribution in [0.1, 0.15) is 44.4 Å². The number of benzene rings is 2. The van der Waals surface area contributed by atoms with E-state index in [1.807, 2.05) is 44.2 Å². The van der Waals surface area contributed by atoms with Gasteiger partial charge in [-0.1, -0.05) is 41.9 Å². The number of nitrogens with zero attached hydrogens (tertiary/aromatic N) is 1. The zero-order chi connectivity index (χ0) is 23.3. The van der Waals surface area contributed by atoms with Crippen molar-refractivity contribution in [1.29, 1.82) is 0 Å². The molecule has 1 aliphatic heterocycles. The second-order valence-corrected chi connectivity index (χ2v) is 8.14. The first-order valence-electron chi connectivity index (χ1n) is 10.6. The molecule has 2 atom stereocenters. The summed E-state index contributed by atoms with van der Waals surface area (Å²) in [6, 6.07) is 14.6. The van der Waals surface area contributed by atoms with Crippen LogP contribution in [0.15, 0.2) is 48.5 Å². The number of ether oxygens (including phenoxy) is 2. The van der Waals surface area contributed by atoms with Crippen molar-refractivity contribution in [2.75, 3.05) is 18.1 Å². The first kappa shape index (κ1) is 23.8. The third kappa shape index (κ3) is 5.47. The van der Waals surface area contributed by atoms with Crippen molar-refractivity contribution in [2.24, 2.45) is 0 Å². The number of nitrogens with one attached hydrogen (secondary N) is 1. The summed E-state index contributed by atoms with van der Waals surface area (Å²) >= 11 is 6.30. The number of fused-ring (bicyclic) bond motifs is 1. The fourth-order valence-corrected chi connectivity index (χ4v) is 3.88. The summed E-state index contributed by atoms with van der Waals surface area (Å²) in [6.07, 6.45) is -1.87. The minimum atomic E-state index is -1.05. The van der Waals surface area contributed by atoms with E-state index in [0.29, 0.717) is 10.7 Å². The first-order valence-corrected chi connectivity index (χ1v) is 10.9. The van der Waals surface area contributed by atoms with E-state index in [1.54, 1.807) is 30.0 Å². The molecule has 1 aliphatic rings. The van der Waals surface area contributed by atoms with Crippen LogP contribution in [-0.4, -0.2) is 43.1 Å². The Morgan fingerprint density at radius 3 is 2.56 bits per heavy atom. The average Bonchev–Trinajstić information content (AvgIpc) is 2.87. The summed E-state index contributed by atoms with van der Waals surface area (Å²) in [5.74, 6) is -1.34. The van der Waals surface area contributed by atoms with Crippen LogP contribution >= 0.6 is 11.6 Å². The van der Waals surface area contributed by atoms with Crippen LogP contribution in [0.3, 0.4) is 0 Å². The predicted octanol–water partition coefficient (Wildman–Crippen LogP) is 3.64. The van der Waals surface area contributed by atoms with Crippen LogP contribution in [0, 0.1) is 0 Å². The molecule has 2 aromatic rings. The maximum atomic E-state index is 13.5. The van der Waals surface area contributed by atoms with Crippen LogP contribution in [-0.2, 0) is 23.9 Å². The molecule has 0 radical (unpaired) electrons. The quantitative estimate of drug-likeness (QED) is 0.640. The zero-order valence-corrected chi connectivity index (χ0v) is 19.1. The Hall–Kier alpha value is -2.90. The number of rotatable bonds is 7. The van der Waals surface area contributed by atoms with E-state index in [-0.39, 0.29) is 31.5 Å². The van der Waals surface area contributed by atoms with Gasteiger partial charge in [-0.2, -0.15) is 0 Å². The lowest BCUT2D eigenvalue weighted by molar-refractivity contribution is -0.144. The van der Waals surface area contributed by atoms with E-state index in [1.165, 1.54) is 0 Å². The van der Waals surface area contributed by atoms with Crippen LogP contribution < -0.4 is 10.2 Å². The molecule has 1 heterocycles. The monoisotopic (exact) mass is 458 g/mol. The van der Waals surface area contributed by atoms with Gasteiger partial charge in [-0.25, -0.2) is 0 Å². The fraction of sp³-hybridized carbons (Fsp3) is 0.375. The SMILES string of the molecule is CCOC(=O)CNC(=O)C[C@H]1O[C@H](c2ccccc2)c2cc(Cl)ccc2N(C(C)C)C1=O. The van der Waals surface area contributed by atoms with Crippen molar-refractivity contribution in [3.05, 3.63) is 64.7 Å². The number of hydrogen-bond donors (Lipinski definition) is 1. The van der Waals surface area contributed by atoms with Gasteiger partial charge >= 0.3 is 5.97 Å². The van der Waals surface area contributed by atoms with Crippen molar-refractivity contribution < 1.29 is 23.9 Å². The highest BCUT2D eigenvalue weighted by molar-refractivity contribution is 6.30. The molecule has 7 nitrogen and oxygen atoms in total. The average molecular weight is 459 g/mol. The van der Waals surface area contributed by atoms with E-state index in [9.17, 15) is 14.4 Å². The van der Waals surface area contributed by atoms with E-state index >= 15 is 0 Å². The molecule has 0 aromatic heterocycles. The zero-order valence-electron chi connectivity index (χ0n) is 18.3. The lowest BCUT2D eigenvalue weighted by atomic mass is 9.99. The van der Waals surface area contributed by atoms with Gasteiger partial charge in [0.1, 0.15) is 18.8 Å². The third-order valence-corrected chi connectivity index (χ3v) is 5.30. The third-order valence-electron chi connectivity index (χ3n) is 5.07. The second-order valence-electron chi connectivity index (χ2n) is 7.71. The maximum absolute atomic E-state index is 13.5. The van der Waals surface area contributed by atoms with Crippen molar-refractivity contribution >= 4 is 35.1 Å². The molecule has 0 fully saturated rings. The van der Waals surface area contributed by atoms with Crippen molar-refractivity contribution in [2.45, 2.75) is 45.4 Å². The second kappa shape index (κ2) is 10.6. The molecule has 0 bridgehead atoms. The number of carbonyl (C=O) groups excluding carboxylic acids is 3. The molecule has 0 aliphatic carbocycles. The fourth-order valence-electron chi connectivity index (χ4n) is 3.70. The molecule has 0 saturated carbocycles. The molecule has 2 aromatic carbocycles. The molecule has 3 rings (SSSR count). The van der Waals surface area contributed by atoms with E-state index < -0.39 is 24.1 Å². The largest absolute Gasteiger partial charge is 0.465 e. The molecule has 170 valence electrons. The Morgan fingerprint density at radius 2 is 1.91 bits per heavy atom. The summed E-state index contributed by atoms with van der Waals surface area (Å²) in [5, 5.41) is 3.02. The van der Waals surface area contributed by atoms with Gasteiger partial charge in [-0.3, -0.25) is 14.4 Å². The van der Waals surface area contributed by atoms with Crippen LogP contribution in [0.2, 0.25) is 5.02 Å². The minimum Gasteiger partial charge on any atom is -0.465 e. The van der Waals surface area contributed by atoms with Crippen molar-refractivity contribution in [1.82, 2.24) is 5.32 Å². The molecule has 0 saturated heterocycles. The number of esters is 1. The van der Waals surface area contributed by atoms with Gasteiger partial charge in [0.05, 0.1) is 18.7 Å². The summed E-state index contributed by atoms with van der Waals surface area (Å²) in [5.41, 5.74) is 2.28. The van der Waals surface area contributed by atoms with Gasteiger partial charge in [0.2, 0.25) is 5.91 Å². The highest BCUT2D eigenvalue weighted by Crippen LogP contribution is 2.40. The number of amides is 2. The molecule has 0 unspecified atom stereocenters. The van der Waals surface area contributed by atoms with Gasteiger partial charge in [0.25, 0.3) is 5.91 Å². The summed E-state index contributed by atoms with van der Waals surface area (Å²) in [7, 11) is 0. The predicted molar refractivity (Wildman–Crippen MR) is 121 cm³/mol. The molecular formula is C24H27ClN2O5. The van der Waals surface area contributed by atoms with Gasteiger partial charge in [0.15, 0.2) is 0 Å². The molecule has 2 amide bonds.